The van der Waals surface area contributed by atoms with Crippen molar-refractivity contribution in [3.8, 4) is 11.5 Å². The molecule has 0 saturated carbocycles. The lowest BCUT2D eigenvalue weighted by Gasteiger charge is -2.15. The number of aryl methyl sites for hydroxylation is 1. The molecule has 3 aromatic rings. The number of aliphatic hydroxyl groups is 1. The number of carbonyl (C=O) groups excluding carboxylic acids is 1. The maximum atomic E-state index is 11.9. The number of nitrogens with two attached hydrogens (primary N) is 1. The van der Waals surface area contributed by atoms with E-state index in [0.29, 0.717) is 28.9 Å². The maximum absolute atomic E-state index is 11.9. The van der Waals surface area contributed by atoms with Crippen LogP contribution in [0.3, 0.4) is 0 Å². The fourth-order valence-electron chi connectivity index (χ4n) is 2.98. The van der Waals surface area contributed by atoms with Gasteiger partial charge in [-0.25, -0.2) is 15.8 Å². The third-order valence-corrected chi connectivity index (χ3v) is 4.54. The third-order valence-electron chi connectivity index (χ3n) is 4.54. The number of nitrogens with one attached hydrogen (secondary N) is 2. The molecule has 152 valence electrons. The van der Waals surface area contributed by atoms with Gasteiger partial charge in [-0.1, -0.05) is 18.2 Å². The van der Waals surface area contributed by atoms with Crippen LogP contribution in [0.4, 0.5) is 5.95 Å². The van der Waals surface area contributed by atoms with Crippen molar-refractivity contribution in [1.82, 2.24) is 15.4 Å². The van der Waals surface area contributed by atoms with Crippen LogP contribution in [0.5, 0.6) is 11.5 Å². The zero-order chi connectivity index (χ0) is 21.0. The van der Waals surface area contributed by atoms with Gasteiger partial charge >= 0.3 is 0 Å². The zero-order valence-electron chi connectivity index (χ0n) is 16.4. The number of para-hydroxylation sites is 1. The molecule has 5 N–H and O–H groups in total. The van der Waals surface area contributed by atoms with Crippen LogP contribution in [0.2, 0.25) is 0 Å². The van der Waals surface area contributed by atoms with Crippen LogP contribution in [-0.2, 0) is 11.3 Å². The Labute approximate surface area is 167 Å². The van der Waals surface area contributed by atoms with Gasteiger partial charge < -0.3 is 19.9 Å². The summed E-state index contributed by atoms with van der Waals surface area (Å²) in [6, 6.07) is 10.9. The number of nitrogens with zero attached hydrogens (tertiary/aromatic N) is 2. The van der Waals surface area contributed by atoms with E-state index in [0.717, 1.165) is 11.1 Å². The molecule has 29 heavy (non-hydrogen) atoms. The molecule has 1 atom stereocenters. The SMILES string of the molecule is COc1ccc(CNc2nc(C(O)C(=O)NN)c3cccc(C)c3n2)c(OC)c1. The summed E-state index contributed by atoms with van der Waals surface area (Å²) >= 11 is 0. The van der Waals surface area contributed by atoms with Crippen molar-refractivity contribution in [2.45, 2.75) is 19.6 Å². The van der Waals surface area contributed by atoms with Crippen molar-refractivity contribution >= 4 is 22.8 Å². The molecular weight excluding hydrogens is 374 g/mol. The summed E-state index contributed by atoms with van der Waals surface area (Å²) in [7, 11) is 3.16. The standard InChI is InChI=1S/C20H23N5O4/c1-11-5-4-6-14-16(11)23-20(24-17(14)18(26)19(27)25-21)22-10-12-7-8-13(28-2)9-15(12)29-3/h4-9,18,26H,10,21H2,1-3H3,(H,25,27)(H,22,23,24). The van der Waals surface area contributed by atoms with E-state index >= 15 is 0 Å². The fraction of sp³-hybridized carbons (Fsp3) is 0.250. The molecule has 0 spiro atoms. The molecule has 0 aliphatic carbocycles. The molecule has 2 aromatic carbocycles. The number of carbonyl (C=O) groups is 1. The van der Waals surface area contributed by atoms with E-state index in [1.165, 1.54) is 0 Å². The summed E-state index contributed by atoms with van der Waals surface area (Å²) in [5.74, 6) is 6.01. The number of ether oxygens (including phenoxy) is 2. The first-order valence-electron chi connectivity index (χ1n) is 8.89. The first-order valence-corrected chi connectivity index (χ1v) is 8.89. The topological polar surface area (TPSA) is 132 Å². The van der Waals surface area contributed by atoms with E-state index in [2.05, 4.69) is 15.3 Å². The lowest BCUT2D eigenvalue weighted by molar-refractivity contribution is -0.129. The molecular formula is C20H23N5O4. The first-order chi connectivity index (χ1) is 14.0. The van der Waals surface area contributed by atoms with Crippen LogP contribution >= 0.6 is 0 Å². The molecule has 9 nitrogen and oxygen atoms in total. The highest BCUT2D eigenvalue weighted by Crippen LogP contribution is 2.27. The summed E-state index contributed by atoms with van der Waals surface area (Å²) in [6.07, 6.45) is -1.52. The minimum absolute atomic E-state index is 0.172. The van der Waals surface area contributed by atoms with Crippen LogP contribution in [-0.4, -0.2) is 35.2 Å². The number of amides is 1. The summed E-state index contributed by atoms with van der Waals surface area (Å²) in [5, 5.41) is 14.1. The van der Waals surface area contributed by atoms with Crippen molar-refractivity contribution < 1.29 is 19.4 Å². The molecule has 1 unspecified atom stereocenters. The number of benzene rings is 2. The minimum atomic E-state index is -1.52. The number of hydrogen-bond donors (Lipinski definition) is 4. The summed E-state index contributed by atoms with van der Waals surface area (Å²) < 4.78 is 10.6. The average Bonchev–Trinajstić information content (AvgIpc) is 2.76. The highest BCUT2D eigenvalue weighted by Gasteiger charge is 2.22. The van der Waals surface area contributed by atoms with Crippen molar-refractivity contribution in [3.63, 3.8) is 0 Å². The number of aliphatic hydroxyl groups excluding tert-OH is 1. The van der Waals surface area contributed by atoms with Gasteiger partial charge in [0.2, 0.25) is 5.95 Å². The average molecular weight is 397 g/mol. The molecule has 3 rings (SSSR count). The molecule has 0 aliphatic rings. The van der Waals surface area contributed by atoms with Gasteiger partial charge in [-0.2, -0.15) is 0 Å². The summed E-state index contributed by atoms with van der Waals surface area (Å²) in [4.78, 5) is 20.8. The zero-order valence-corrected chi connectivity index (χ0v) is 16.4. The van der Waals surface area contributed by atoms with Crippen LogP contribution < -0.4 is 26.1 Å². The molecule has 0 radical (unpaired) electrons. The highest BCUT2D eigenvalue weighted by molar-refractivity contribution is 5.90. The van der Waals surface area contributed by atoms with Gasteiger partial charge in [-0.15, -0.1) is 0 Å². The highest BCUT2D eigenvalue weighted by atomic mass is 16.5. The Kier molecular flexibility index (Phi) is 6.10. The molecule has 0 bridgehead atoms. The minimum Gasteiger partial charge on any atom is -0.497 e. The van der Waals surface area contributed by atoms with Gasteiger partial charge in [-0.3, -0.25) is 10.2 Å². The van der Waals surface area contributed by atoms with Crippen molar-refractivity contribution in [1.29, 1.82) is 0 Å². The van der Waals surface area contributed by atoms with Crippen LogP contribution in [0, 0.1) is 6.92 Å². The van der Waals surface area contributed by atoms with E-state index in [9.17, 15) is 9.90 Å². The Morgan fingerprint density at radius 3 is 2.69 bits per heavy atom. The quantitative estimate of drug-likeness (QED) is 0.268. The number of aromatic nitrogens is 2. The van der Waals surface area contributed by atoms with Gasteiger partial charge in [0.1, 0.15) is 11.5 Å². The Balaban J connectivity index is 1.98. The smallest absolute Gasteiger partial charge is 0.268 e. The normalized spacial score (nSPS) is 11.8. The third kappa shape index (κ3) is 4.20. The predicted octanol–water partition coefficient (Wildman–Crippen LogP) is 1.59. The number of rotatable bonds is 7. The van der Waals surface area contributed by atoms with Crippen LogP contribution in [0.15, 0.2) is 36.4 Å². The maximum Gasteiger partial charge on any atom is 0.268 e. The number of hydrogen-bond acceptors (Lipinski definition) is 8. The van der Waals surface area contributed by atoms with E-state index < -0.39 is 12.0 Å². The second-order valence-electron chi connectivity index (χ2n) is 6.35. The summed E-state index contributed by atoms with van der Waals surface area (Å²) in [6.45, 7) is 2.26. The van der Waals surface area contributed by atoms with E-state index in [1.807, 2.05) is 36.6 Å². The Hall–Kier alpha value is -3.43. The van der Waals surface area contributed by atoms with Crippen molar-refractivity contribution in [3.05, 3.63) is 53.2 Å². The van der Waals surface area contributed by atoms with E-state index in [4.69, 9.17) is 15.3 Å². The lowest BCUT2D eigenvalue weighted by atomic mass is 10.1. The Morgan fingerprint density at radius 1 is 1.21 bits per heavy atom. The number of fused-ring (bicyclic) bond motifs is 1. The van der Waals surface area contributed by atoms with E-state index in [1.54, 1.807) is 26.4 Å². The molecule has 1 amide bonds. The van der Waals surface area contributed by atoms with Crippen LogP contribution in [0.1, 0.15) is 22.9 Å². The van der Waals surface area contributed by atoms with Gasteiger partial charge in [0, 0.05) is 23.6 Å². The molecule has 0 fully saturated rings. The number of anilines is 1. The summed E-state index contributed by atoms with van der Waals surface area (Å²) in [5.41, 5.74) is 4.50. The van der Waals surface area contributed by atoms with E-state index in [-0.39, 0.29) is 11.6 Å². The Morgan fingerprint density at radius 2 is 2.00 bits per heavy atom. The molecule has 0 aliphatic heterocycles. The molecule has 0 saturated heterocycles. The molecule has 9 heteroatoms. The van der Waals surface area contributed by atoms with Gasteiger partial charge in [-0.05, 0) is 24.6 Å². The number of methoxy groups -OCH3 is 2. The fourth-order valence-corrected chi connectivity index (χ4v) is 2.98. The van der Waals surface area contributed by atoms with Crippen LogP contribution in [0.25, 0.3) is 10.9 Å². The van der Waals surface area contributed by atoms with Gasteiger partial charge in [0.05, 0.1) is 25.4 Å². The first kappa shape index (κ1) is 20.3. The van der Waals surface area contributed by atoms with Gasteiger partial charge in [0.25, 0.3) is 5.91 Å². The van der Waals surface area contributed by atoms with Crippen molar-refractivity contribution in [2.24, 2.45) is 5.84 Å². The monoisotopic (exact) mass is 397 g/mol. The molecule has 1 heterocycles. The second kappa shape index (κ2) is 8.72. The lowest BCUT2D eigenvalue weighted by Crippen LogP contribution is -2.35. The van der Waals surface area contributed by atoms with Gasteiger partial charge in [0.15, 0.2) is 6.10 Å². The van der Waals surface area contributed by atoms with Crippen molar-refractivity contribution in [2.75, 3.05) is 19.5 Å². The largest absolute Gasteiger partial charge is 0.497 e. The second-order valence-corrected chi connectivity index (χ2v) is 6.35. The number of hydrazine groups is 1. The Bertz CT molecular complexity index is 1040. The predicted molar refractivity (Wildman–Crippen MR) is 108 cm³/mol. The molecule has 1 aromatic heterocycles.